The maximum atomic E-state index is 11.5. The maximum Gasteiger partial charge on any atom is 0.219 e. The molecule has 0 bridgehead atoms. The number of hydrogen-bond donors (Lipinski definition) is 1. The monoisotopic (exact) mass is 249 g/mol. The number of aliphatic hydroxyl groups is 1. The second kappa shape index (κ2) is 6.01. The third-order valence-corrected chi connectivity index (χ3v) is 3.47. The minimum atomic E-state index is -0.263. The molecular weight excluding hydrogens is 226 g/mol. The van der Waals surface area contributed by atoms with E-state index in [-0.39, 0.29) is 18.6 Å². The van der Waals surface area contributed by atoms with Gasteiger partial charge in [0.15, 0.2) is 0 Å². The van der Waals surface area contributed by atoms with Crippen molar-refractivity contribution in [2.24, 2.45) is 0 Å². The van der Waals surface area contributed by atoms with Crippen LogP contribution < -0.4 is 0 Å². The molecule has 1 aromatic carbocycles. The summed E-state index contributed by atoms with van der Waals surface area (Å²) in [6.45, 7) is 7.74. The number of aryl methyl sites for hydroxylation is 1. The zero-order chi connectivity index (χ0) is 13.9. The maximum absolute atomic E-state index is 11.5. The first-order chi connectivity index (χ1) is 8.38. The predicted octanol–water partition coefficient (Wildman–Crippen LogP) is 2.63. The van der Waals surface area contributed by atoms with Crippen LogP contribution in [0.4, 0.5) is 0 Å². The number of likely N-dealkylation sites (N-methyl/N-ethyl adjacent to an activating group) is 1. The molecule has 1 atom stereocenters. The summed E-state index contributed by atoms with van der Waals surface area (Å²) in [5, 5.41) is 9.56. The molecule has 3 heteroatoms. The normalized spacial score (nSPS) is 12.6. The van der Waals surface area contributed by atoms with Crippen molar-refractivity contribution in [2.75, 3.05) is 13.7 Å². The van der Waals surface area contributed by atoms with Gasteiger partial charge in [-0.25, -0.2) is 0 Å². The quantitative estimate of drug-likeness (QED) is 0.891. The molecule has 1 N–H and O–H groups in total. The van der Waals surface area contributed by atoms with E-state index >= 15 is 0 Å². The Bertz CT molecular complexity index is 427. The molecule has 18 heavy (non-hydrogen) atoms. The third kappa shape index (κ3) is 3.10. The van der Waals surface area contributed by atoms with Gasteiger partial charge >= 0.3 is 0 Å². The SMILES string of the molecule is CC(=O)N(C)C(CO)c1cc(C(C)C)ccc1C. The highest BCUT2D eigenvalue weighted by molar-refractivity contribution is 5.73. The smallest absolute Gasteiger partial charge is 0.219 e. The first kappa shape index (κ1) is 14.7. The van der Waals surface area contributed by atoms with Crippen molar-refractivity contribution in [1.82, 2.24) is 4.90 Å². The lowest BCUT2D eigenvalue weighted by Gasteiger charge is -2.28. The van der Waals surface area contributed by atoms with Crippen LogP contribution in [-0.2, 0) is 4.79 Å². The van der Waals surface area contributed by atoms with E-state index < -0.39 is 0 Å². The van der Waals surface area contributed by atoms with Crippen molar-refractivity contribution in [3.05, 3.63) is 34.9 Å². The van der Waals surface area contributed by atoms with E-state index in [0.29, 0.717) is 5.92 Å². The minimum absolute atomic E-state index is 0.0385. The molecular formula is C15H23NO2. The molecule has 1 aromatic rings. The van der Waals surface area contributed by atoms with E-state index in [1.807, 2.05) is 6.92 Å². The Morgan fingerprint density at radius 1 is 1.39 bits per heavy atom. The molecule has 3 nitrogen and oxygen atoms in total. The molecule has 0 saturated heterocycles. The van der Waals surface area contributed by atoms with Crippen LogP contribution in [0.25, 0.3) is 0 Å². The van der Waals surface area contributed by atoms with Gasteiger partial charge in [-0.15, -0.1) is 0 Å². The van der Waals surface area contributed by atoms with Gasteiger partial charge in [-0.1, -0.05) is 32.0 Å². The van der Waals surface area contributed by atoms with Crippen LogP contribution in [0, 0.1) is 6.92 Å². The second-order valence-corrected chi connectivity index (χ2v) is 5.10. The standard InChI is InChI=1S/C15H23NO2/c1-10(2)13-7-6-11(3)14(8-13)15(9-17)16(5)12(4)18/h6-8,10,15,17H,9H2,1-5H3. The Morgan fingerprint density at radius 2 is 2.00 bits per heavy atom. The molecule has 0 spiro atoms. The van der Waals surface area contributed by atoms with Crippen molar-refractivity contribution >= 4 is 5.91 Å². The first-order valence-corrected chi connectivity index (χ1v) is 6.33. The fourth-order valence-corrected chi connectivity index (χ4v) is 2.03. The van der Waals surface area contributed by atoms with E-state index in [4.69, 9.17) is 0 Å². The van der Waals surface area contributed by atoms with Crippen LogP contribution in [0.2, 0.25) is 0 Å². The molecule has 0 heterocycles. The molecule has 1 amide bonds. The summed E-state index contributed by atoms with van der Waals surface area (Å²) in [5.41, 5.74) is 3.36. The Hall–Kier alpha value is -1.35. The van der Waals surface area contributed by atoms with Crippen molar-refractivity contribution in [1.29, 1.82) is 0 Å². The number of amides is 1. The molecule has 0 fully saturated rings. The Kier molecular flexibility index (Phi) is 4.91. The number of aliphatic hydroxyl groups excluding tert-OH is 1. The molecule has 0 aliphatic rings. The van der Waals surface area contributed by atoms with Gasteiger partial charge in [0.2, 0.25) is 5.91 Å². The molecule has 0 aromatic heterocycles. The summed E-state index contributed by atoms with van der Waals surface area (Å²) in [6, 6.07) is 5.99. The summed E-state index contributed by atoms with van der Waals surface area (Å²) < 4.78 is 0. The fraction of sp³-hybridized carbons (Fsp3) is 0.533. The van der Waals surface area contributed by atoms with Gasteiger partial charge in [0, 0.05) is 14.0 Å². The van der Waals surface area contributed by atoms with Gasteiger partial charge < -0.3 is 10.0 Å². The molecule has 0 aliphatic heterocycles. The predicted molar refractivity (Wildman–Crippen MR) is 73.5 cm³/mol. The van der Waals surface area contributed by atoms with Gasteiger partial charge in [-0.05, 0) is 29.5 Å². The highest BCUT2D eigenvalue weighted by Gasteiger charge is 2.20. The number of carbonyl (C=O) groups excluding carboxylic acids is 1. The summed E-state index contributed by atoms with van der Waals surface area (Å²) in [6.07, 6.45) is 0. The first-order valence-electron chi connectivity index (χ1n) is 6.33. The molecule has 0 aliphatic carbocycles. The number of nitrogens with zero attached hydrogens (tertiary/aromatic N) is 1. The second-order valence-electron chi connectivity index (χ2n) is 5.10. The fourth-order valence-electron chi connectivity index (χ4n) is 2.03. The summed E-state index contributed by atoms with van der Waals surface area (Å²) in [7, 11) is 1.73. The number of hydrogen-bond acceptors (Lipinski definition) is 2. The average molecular weight is 249 g/mol. The van der Waals surface area contributed by atoms with Crippen LogP contribution in [0.5, 0.6) is 0 Å². The van der Waals surface area contributed by atoms with Crippen molar-refractivity contribution < 1.29 is 9.90 Å². The largest absolute Gasteiger partial charge is 0.394 e. The minimum Gasteiger partial charge on any atom is -0.394 e. The van der Waals surface area contributed by atoms with Crippen LogP contribution in [0.3, 0.4) is 0 Å². The van der Waals surface area contributed by atoms with Crippen LogP contribution >= 0.6 is 0 Å². The number of benzene rings is 1. The highest BCUT2D eigenvalue weighted by atomic mass is 16.3. The average Bonchev–Trinajstić information content (AvgIpc) is 2.31. The Balaban J connectivity index is 3.19. The van der Waals surface area contributed by atoms with Gasteiger partial charge in [0.1, 0.15) is 0 Å². The molecule has 1 rings (SSSR count). The molecule has 0 radical (unpaired) electrons. The zero-order valence-corrected chi connectivity index (χ0v) is 11.9. The van der Waals surface area contributed by atoms with Crippen molar-refractivity contribution in [3.63, 3.8) is 0 Å². The zero-order valence-electron chi connectivity index (χ0n) is 11.9. The Labute approximate surface area is 109 Å². The van der Waals surface area contributed by atoms with Crippen LogP contribution in [0.15, 0.2) is 18.2 Å². The van der Waals surface area contributed by atoms with Gasteiger partial charge in [0.25, 0.3) is 0 Å². The van der Waals surface area contributed by atoms with E-state index in [9.17, 15) is 9.90 Å². The Morgan fingerprint density at radius 3 is 2.44 bits per heavy atom. The molecule has 0 saturated carbocycles. The summed E-state index contributed by atoms with van der Waals surface area (Å²) in [4.78, 5) is 13.1. The van der Waals surface area contributed by atoms with E-state index in [0.717, 1.165) is 11.1 Å². The van der Waals surface area contributed by atoms with E-state index in [1.54, 1.807) is 11.9 Å². The molecule has 1 unspecified atom stereocenters. The lowest BCUT2D eigenvalue weighted by Crippen LogP contribution is -2.31. The van der Waals surface area contributed by atoms with E-state index in [1.165, 1.54) is 12.5 Å². The third-order valence-electron chi connectivity index (χ3n) is 3.47. The summed E-state index contributed by atoms with van der Waals surface area (Å²) in [5.74, 6) is 0.398. The highest BCUT2D eigenvalue weighted by Crippen LogP contribution is 2.26. The van der Waals surface area contributed by atoms with Crippen molar-refractivity contribution in [2.45, 2.75) is 39.7 Å². The van der Waals surface area contributed by atoms with Crippen molar-refractivity contribution in [3.8, 4) is 0 Å². The van der Waals surface area contributed by atoms with Crippen LogP contribution in [0.1, 0.15) is 49.4 Å². The van der Waals surface area contributed by atoms with Gasteiger partial charge in [-0.3, -0.25) is 4.79 Å². The lowest BCUT2D eigenvalue weighted by molar-refractivity contribution is -0.130. The molecule has 100 valence electrons. The van der Waals surface area contributed by atoms with Gasteiger partial charge in [-0.2, -0.15) is 0 Å². The number of carbonyl (C=O) groups is 1. The summed E-state index contributed by atoms with van der Waals surface area (Å²) >= 11 is 0. The van der Waals surface area contributed by atoms with E-state index in [2.05, 4.69) is 32.0 Å². The number of rotatable bonds is 4. The topological polar surface area (TPSA) is 40.5 Å². The van der Waals surface area contributed by atoms with Crippen LogP contribution in [-0.4, -0.2) is 29.6 Å². The van der Waals surface area contributed by atoms with Gasteiger partial charge in [0.05, 0.1) is 12.6 Å². The lowest BCUT2D eigenvalue weighted by atomic mass is 9.93.